The van der Waals surface area contributed by atoms with Crippen LogP contribution >= 0.6 is 0 Å². The van der Waals surface area contributed by atoms with E-state index in [9.17, 15) is 9.59 Å². The van der Waals surface area contributed by atoms with Gasteiger partial charge in [-0.2, -0.15) is 0 Å². The second kappa shape index (κ2) is 6.82. The molecule has 3 heterocycles. The first-order chi connectivity index (χ1) is 13.3. The Bertz CT molecular complexity index is 1140. The van der Waals surface area contributed by atoms with Crippen molar-refractivity contribution < 1.29 is 13.9 Å². The zero-order valence-electron chi connectivity index (χ0n) is 16.5. The number of fused-ring (bicyclic) bond motifs is 2. The minimum absolute atomic E-state index is 0.0708. The summed E-state index contributed by atoms with van der Waals surface area (Å²) >= 11 is 0. The number of aryl methyl sites for hydroxylation is 3. The number of imidazole rings is 1. The number of amides is 1. The van der Waals surface area contributed by atoms with E-state index in [1.165, 1.54) is 0 Å². The van der Waals surface area contributed by atoms with Gasteiger partial charge in [0.1, 0.15) is 17.2 Å². The Balaban J connectivity index is 1.57. The lowest BCUT2D eigenvalue weighted by Gasteiger charge is -2.26. The predicted octanol–water partition coefficient (Wildman–Crippen LogP) is 2.71. The predicted molar refractivity (Wildman–Crippen MR) is 105 cm³/mol. The van der Waals surface area contributed by atoms with E-state index < -0.39 is 0 Å². The molecule has 2 aromatic heterocycles. The van der Waals surface area contributed by atoms with Crippen molar-refractivity contribution in [2.45, 2.75) is 40.7 Å². The Morgan fingerprint density at radius 2 is 2.04 bits per heavy atom. The van der Waals surface area contributed by atoms with Gasteiger partial charge in [0.05, 0.1) is 23.3 Å². The summed E-state index contributed by atoms with van der Waals surface area (Å²) < 4.78 is 11.3. The first kappa shape index (κ1) is 18.3. The molecule has 1 aromatic carbocycles. The van der Waals surface area contributed by atoms with Crippen LogP contribution in [0.15, 0.2) is 21.3 Å². The van der Waals surface area contributed by atoms with Gasteiger partial charge in [-0.1, -0.05) is 0 Å². The van der Waals surface area contributed by atoms with Crippen LogP contribution in [0.1, 0.15) is 33.9 Å². The van der Waals surface area contributed by atoms with Gasteiger partial charge in [0.2, 0.25) is 0 Å². The van der Waals surface area contributed by atoms with Crippen molar-refractivity contribution in [1.82, 2.24) is 14.9 Å². The van der Waals surface area contributed by atoms with E-state index in [1.807, 2.05) is 32.9 Å². The SMILES string of the molecule is Cc1cc(OCC(=O)N2CCc3nc(C)[nH]c3C2)c2c(C)c(C)c(=O)oc2c1. The van der Waals surface area contributed by atoms with E-state index in [0.29, 0.717) is 30.0 Å². The molecular weight excluding hydrogens is 358 g/mol. The number of nitrogens with one attached hydrogen (secondary N) is 1. The third-order valence-corrected chi connectivity index (χ3v) is 5.31. The summed E-state index contributed by atoms with van der Waals surface area (Å²) in [5, 5.41) is 0.737. The summed E-state index contributed by atoms with van der Waals surface area (Å²) in [6, 6.07) is 3.68. The van der Waals surface area contributed by atoms with Crippen molar-refractivity contribution in [2.75, 3.05) is 13.2 Å². The molecule has 146 valence electrons. The molecule has 4 rings (SSSR count). The smallest absolute Gasteiger partial charge is 0.339 e. The van der Waals surface area contributed by atoms with Gasteiger partial charge in [0.15, 0.2) is 6.61 Å². The minimum Gasteiger partial charge on any atom is -0.483 e. The molecule has 0 bridgehead atoms. The molecule has 0 unspecified atom stereocenters. The summed E-state index contributed by atoms with van der Waals surface area (Å²) in [7, 11) is 0. The van der Waals surface area contributed by atoms with E-state index in [2.05, 4.69) is 9.97 Å². The maximum atomic E-state index is 12.7. The number of aromatic nitrogens is 2. The van der Waals surface area contributed by atoms with Gasteiger partial charge >= 0.3 is 5.63 Å². The molecule has 1 N–H and O–H groups in total. The highest BCUT2D eigenvalue weighted by molar-refractivity contribution is 5.88. The summed E-state index contributed by atoms with van der Waals surface area (Å²) in [4.78, 5) is 34.1. The molecule has 0 saturated carbocycles. The molecule has 0 saturated heterocycles. The quantitative estimate of drug-likeness (QED) is 0.705. The summed E-state index contributed by atoms with van der Waals surface area (Å²) in [6.07, 6.45) is 0.738. The highest BCUT2D eigenvalue weighted by Crippen LogP contribution is 2.31. The van der Waals surface area contributed by atoms with Crippen LogP contribution in [0.5, 0.6) is 5.75 Å². The van der Waals surface area contributed by atoms with Gasteiger partial charge in [-0.3, -0.25) is 4.79 Å². The highest BCUT2D eigenvalue weighted by atomic mass is 16.5. The average molecular weight is 381 g/mol. The number of ether oxygens (including phenoxy) is 1. The fraction of sp³-hybridized carbons (Fsp3) is 0.381. The third-order valence-electron chi connectivity index (χ3n) is 5.31. The topological polar surface area (TPSA) is 88.4 Å². The maximum Gasteiger partial charge on any atom is 0.339 e. The first-order valence-corrected chi connectivity index (χ1v) is 9.33. The van der Waals surface area contributed by atoms with Crippen LogP contribution in [0.25, 0.3) is 11.0 Å². The normalized spacial score (nSPS) is 13.6. The number of aromatic amines is 1. The second-order valence-electron chi connectivity index (χ2n) is 7.38. The van der Waals surface area contributed by atoms with Gasteiger partial charge in [0, 0.05) is 18.5 Å². The molecule has 0 radical (unpaired) electrons. The van der Waals surface area contributed by atoms with Gasteiger partial charge in [-0.25, -0.2) is 9.78 Å². The molecule has 0 spiro atoms. The van der Waals surface area contributed by atoms with Crippen molar-refractivity contribution in [3.8, 4) is 5.75 Å². The Morgan fingerprint density at radius 1 is 1.25 bits per heavy atom. The van der Waals surface area contributed by atoms with Crippen molar-refractivity contribution >= 4 is 16.9 Å². The minimum atomic E-state index is -0.350. The van der Waals surface area contributed by atoms with Gasteiger partial charge < -0.3 is 19.0 Å². The van der Waals surface area contributed by atoms with E-state index in [0.717, 1.165) is 40.1 Å². The standard InChI is InChI=1S/C21H23N3O4/c1-11-7-17(20-12(2)13(3)21(26)28-18(20)8-11)27-10-19(25)24-6-5-15-16(9-24)23-14(4)22-15/h7-8H,5-6,9-10H2,1-4H3,(H,22,23). The van der Waals surface area contributed by atoms with E-state index in [4.69, 9.17) is 9.15 Å². The first-order valence-electron chi connectivity index (χ1n) is 9.33. The van der Waals surface area contributed by atoms with Crippen molar-refractivity contribution in [2.24, 2.45) is 0 Å². The van der Waals surface area contributed by atoms with E-state index >= 15 is 0 Å². The Kier molecular flexibility index (Phi) is 4.45. The lowest BCUT2D eigenvalue weighted by molar-refractivity contribution is -0.134. The monoisotopic (exact) mass is 381 g/mol. The summed E-state index contributed by atoms with van der Waals surface area (Å²) in [5.41, 5.74) is 4.41. The highest BCUT2D eigenvalue weighted by Gasteiger charge is 2.24. The number of benzene rings is 1. The number of hydrogen-bond acceptors (Lipinski definition) is 5. The molecule has 7 nitrogen and oxygen atoms in total. The van der Waals surface area contributed by atoms with Crippen LogP contribution < -0.4 is 10.4 Å². The Morgan fingerprint density at radius 3 is 2.82 bits per heavy atom. The van der Waals surface area contributed by atoms with Crippen LogP contribution in [-0.4, -0.2) is 33.9 Å². The molecule has 0 aliphatic carbocycles. The van der Waals surface area contributed by atoms with E-state index in [1.54, 1.807) is 11.8 Å². The molecule has 1 aliphatic heterocycles. The lowest BCUT2D eigenvalue weighted by atomic mass is 10.0. The van der Waals surface area contributed by atoms with Crippen LogP contribution in [0.3, 0.4) is 0 Å². The number of H-pyrrole nitrogens is 1. The van der Waals surface area contributed by atoms with Gasteiger partial charge in [0.25, 0.3) is 5.91 Å². The van der Waals surface area contributed by atoms with Crippen LogP contribution in [-0.2, 0) is 17.8 Å². The number of carbonyl (C=O) groups is 1. The summed E-state index contributed by atoms with van der Waals surface area (Å²) in [5.74, 6) is 1.34. The zero-order chi connectivity index (χ0) is 20.0. The van der Waals surface area contributed by atoms with Crippen molar-refractivity contribution in [3.05, 3.63) is 56.5 Å². The summed E-state index contributed by atoms with van der Waals surface area (Å²) in [6.45, 7) is 8.48. The molecule has 7 heteroatoms. The Hall–Kier alpha value is -3.09. The van der Waals surface area contributed by atoms with Crippen molar-refractivity contribution in [1.29, 1.82) is 0 Å². The molecule has 1 amide bonds. The second-order valence-corrected chi connectivity index (χ2v) is 7.38. The molecule has 3 aromatic rings. The molecule has 28 heavy (non-hydrogen) atoms. The molecule has 0 fully saturated rings. The number of nitrogens with zero attached hydrogens (tertiary/aromatic N) is 2. The number of rotatable bonds is 3. The van der Waals surface area contributed by atoms with Crippen LogP contribution in [0.4, 0.5) is 0 Å². The fourth-order valence-electron chi connectivity index (χ4n) is 3.68. The molecule has 1 aliphatic rings. The zero-order valence-corrected chi connectivity index (χ0v) is 16.5. The van der Waals surface area contributed by atoms with E-state index in [-0.39, 0.29) is 18.1 Å². The average Bonchev–Trinajstić information content (AvgIpc) is 3.02. The largest absolute Gasteiger partial charge is 0.483 e. The van der Waals surface area contributed by atoms with Crippen LogP contribution in [0, 0.1) is 27.7 Å². The number of hydrogen-bond donors (Lipinski definition) is 1. The Labute approximate surface area is 162 Å². The van der Waals surface area contributed by atoms with Gasteiger partial charge in [-0.15, -0.1) is 0 Å². The molecule has 0 atom stereocenters. The number of carbonyl (C=O) groups excluding carboxylic acids is 1. The van der Waals surface area contributed by atoms with Gasteiger partial charge in [-0.05, 0) is 51.0 Å². The third kappa shape index (κ3) is 3.17. The fourth-order valence-corrected chi connectivity index (χ4v) is 3.68. The maximum absolute atomic E-state index is 12.7. The van der Waals surface area contributed by atoms with Crippen LogP contribution in [0.2, 0.25) is 0 Å². The lowest BCUT2D eigenvalue weighted by Crippen LogP contribution is -2.38. The van der Waals surface area contributed by atoms with Crippen molar-refractivity contribution in [3.63, 3.8) is 0 Å². The molecular formula is C21H23N3O4.